The summed E-state index contributed by atoms with van der Waals surface area (Å²) in [7, 11) is 0.446. The Balaban J connectivity index is 1.59. The Bertz CT molecular complexity index is 920. The number of hydrogen-bond acceptors (Lipinski definition) is 5. The van der Waals surface area contributed by atoms with Crippen molar-refractivity contribution in [3.05, 3.63) is 46.8 Å². The normalized spacial score (nSPS) is 18.0. The Hall–Kier alpha value is -1.90. The van der Waals surface area contributed by atoms with Gasteiger partial charge < -0.3 is 10.2 Å². The fraction of sp³-hybridized carbons (Fsp3) is 0.450. The van der Waals surface area contributed by atoms with Gasteiger partial charge in [-0.25, -0.2) is 8.42 Å². The van der Waals surface area contributed by atoms with Crippen molar-refractivity contribution in [2.75, 3.05) is 32.1 Å². The molecule has 0 spiro atoms. The van der Waals surface area contributed by atoms with Crippen LogP contribution in [0, 0.1) is 12.8 Å². The van der Waals surface area contributed by atoms with Crippen LogP contribution in [0.3, 0.4) is 0 Å². The van der Waals surface area contributed by atoms with E-state index in [1.54, 1.807) is 6.07 Å². The number of hydrogen-bond donors (Lipinski definition) is 1. The molecular weight excluding hydrogens is 394 g/mol. The third kappa shape index (κ3) is 4.74. The molecule has 1 atom stereocenters. The van der Waals surface area contributed by atoms with Crippen LogP contribution >= 0.6 is 11.3 Å². The molecule has 1 fully saturated rings. The fourth-order valence-corrected chi connectivity index (χ4v) is 6.26. The predicted molar refractivity (Wildman–Crippen MR) is 113 cm³/mol. The van der Waals surface area contributed by atoms with Crippen molar-refractivity contribution in [3.63, 3.8) is 0 Å². The van der Waals surface area contributed by atoms with E-state index in [-0.39, 0.29) is 18.4 Å². The number of sulfonamides is 1. The highest BCUT2D eigenvalue weighted by molar-refractivity contribution is 7.91. The van der Waals surface area contributed by atoms with Gasteiger partial charge in [0.2, 0.25) is 5.91 Å². The first-order valence-electron chi connectivity index (χ1n) is 9.38. The summed E-state index contributed by atoms with van der Waals surface area (Å²) in [5, 5.41) is 2.96. The first-order chi connectivity index (χ1) is 13.3. The van der Waals surface area contributed by atoms with Crippen LogP contribution in [0.2, 0.25) is 0 Å². The topological polar surface area (TPSA) is 69.7 Å². The molecule has 3 rings (SSSR count). The van der Waals surface area contributed by atoms with Gasteiger partial charge in [0.15, 0.2) is 0 Å². The van der Waals surface area contributed by atoms with Crippen molar-refractivity contribution < 1.29 is 13.2 Å². The van der Waals surface area contributed by atoms with Crippen LogP contribution in [0.5, 0.6) is 0 Å². The van der Waals surface area contributed by atoms with Crippen LogP contribution in [-0.4, -0.2) is 45.8 Å². The molecule has 2 aromatic rings. The Morgan fingerprint density at radius 2 is 1.93 bits per heavy atom. The number of aryl methyl sites for hydroxylation is 1. The first kappa shape index (κ1) is 20.8. The van der Waals surface area contributed by atoms with Crippen molar-refractivity contribution in [1.82, 2.24) is 9.62 Å². The largest absolute Gasteiger partial charge is 0.378 e. The quantitative estimate of drug-likeness (QED) is 0.779. The number of piperidine rings is 1. The van der Waals surface area contributed by atoms with Crippen molar-refractivity contribution in [2.45, 2.75) is 30.5 Å². The van der Waals surface area contributed by atoms with Gasteiger partial charge in [-0.05, 0) is 49.6 Å². The van der Waals surface area contributed by atoms with E-state index >= 15 is 0 Å². The molecular formula is C20H27N3O3S2. The highest BCUT2D eigenvalue weighted by Gasteiger charge is 2.33. The summed E-state index contributed by atoms with van der Waals surface area (Å²) in [5.41, 5.74) is 2.13. The van der Waals surface area contributed by atoms with Crippen molar-refractivity contribution >= 4 is 33.0 Å². The van der Waals surface area contributed by atoms with E-state index in [1.807, 2.05) is 56.3 Å². The number of benzene rings is 1. The van der Waals surface area contributed by atoms with Crippen LogP contribution in [0.25, 0.3) is 0 Å². The van der Waals surface area contributed by atoms with E-state index in [1.165, 1.54) is 15.6 Å². The zero-order valence-electron chi connectivity index (χ0n) is 16.5. The minimum Gasteiger partial charge on any atom is -0.378 e. The summed E-state index contributed by atoms with van der Waals surface area (Å²) >= 11 is 1.27. The third-order valence-electron chi connectivity index (χ3n) is 4.98. The van der Waals surface area contributed by atoms with E-state index in [0.29, 0.717) is 30.1 Å². The van der Waals surface area contributed by atoms with Gasteiger partial charge in [0, 0.05) is 44.3 Å². The molecule has 0 bridgehead atoms. The minimum absolute atomic E-state index is 0.0843. The molecule has 152 valence electrons. The standard InChI is InChI=1S/C20H27N3O3S2/c1-15-6-11-19(27-15)28(25,26)23-12-4-5-17(14-23)20(24)21-13-16-7-9-18(10-8-16)22(2)3/h6-11,17H,4-5,12-14H2,1-3H3,(H,21,24). The summed E-state index contributed by atoms with van der Waals surface area (Å²) in [4.78, 5) is 15.6. The van der Waals surface area contributed by atoms with Gasteiger partial charge in [0.25, 0.3) is 10.0 Å². The Kier molecular flexibility index (Phi) is 6.42. The molecule has 0 saturated carbocycles. The molecule has 0 aliphatic carbocycles. The second kappa shape index (κ2) is 8.63. The third-order valence-corrected chi connectivity index (χ3v) is 8.32. The van der Waals surface area contributed by atoms with Gasteiger partial charge in [0.1, 0.15) is 4.21 Å². The average Bonchev–Trinajstić information content (AvgIpc) is 3.13. The second-order valence-electron chi connectivity index (χ2n) is 7.35. The van der Waals surface area contributed by atoms with Crippen LogP contribution in [0.4, 0.5) is 5.69 Å². The number of anilines is 1. The lowest BCUT2D eigenvalue weighted by molar-refractivity contribution is -0.126. The summed E-state index contributed by atoms with van der Waals surface area (Å²) in [6.07, 6.45) is 1.40. The number of nitrogens with zero attached hydrogens (tertiary/aromatic N) is 2. The van der Waals surface area contributed by atoms with E-state index in [9.17, 15) is 13.2 Å². The molecule has 8 heteroatoms. The zero-order chi connectivity index (χ0) is 20.3. The molecule has 2 heterocycles. The summed E-state index contributed by atoms with van der Waals surface area (Å²) in [5.74, 6) is -0.399. The molecule has 1 aromatic carbocycles. The van der Waals surface area contributed by atoms with Gasteiger partial charge in [-0.1, -0.05) is 12.1 Å². The van der Waals surface area contributed by atoms with Crippen molar-refractivity contribution in [1.29, 1.82) is 0 Å². The Morgan fingerprint density at radius 3 is 2.54 bits per heavy atom. The molecule has 6 nitrogen and oxygen atoms in total. The van der Waals surface area contributed by atoms with Crippen LogP contribution in [-0.2, 0) is 21.4 Å². The number of carbonyl (C=O) groups is 1. The van der Waals surface area contributed by atoms with E-state index in [4.69, 9.17) is 0 Å². The summed E-state index contributed by atoms with van der Waals surface area (Å²) in [6.45, 7) is 3.04. The lowest BCUT2D eigenvalue weighted by Gasteiger charge is -2.30. The van der Waals surface area contributed by atoms with Crippen molar-refractivity contribution in [2.24, 2.45) is 5.92 Å². The fourth-order valence-electron chi connectivity index (χ4n) is 3.30. The van der Waals surface area contributed by atoms with E-state index < -0.39 is 10.0 Å². The highest BCUT2D eigenvalue weighted by atomic mass is 32.2. The molecule has 1 unspecified atom stereocenters. The molecule has 1 amide bonds. The predicted octanol–water partition coefficient (Wildman–Crippen LogP) is 2.84. The van der Waals surface area contributed by atoms with Gasteiger partial charge in [-0.15, -0.1) is 11.3 Å². The Labute approximate surface area is 171 Å². The number of carbonyl (C=O) groups excluding carboxylic acids is 1. The number of thiophene rings is 1. The van der Waals surface area contributed by atoms with Crippen LogP contribution < -0.4 is 10.2 Å². The minimum atomic E-state index is -3.52. The van der Waals surface area contributed by atoms with Gasteiger partial charge in [-0.2, -0.15) is 4.31 Å². The lowest BCUT2D eigenvalue weighted by Crippen LogP contribution is -2.45. The van der Waals surface area contributed by atoms with Gasteiger partial charge in [0.05, 0.1) is 5.92 Å². The highest BCUT2D eigenvalue weighted by Crippen LogP contribution is 2.28. The first-order valence-corrected chi connectivity index (χ1v) is 11.6. The molecule has 1 aliphatic heterocycles. The molecule has 1 aliphatic rings. The van der Waals surface area contributed by atoms with Gasteiger partial charge >= 0.3 is 0 Å². The summed E-state index contributed by atoms with van der Waals surface area (Å²) < 4.78 is 27.5. The lowest BCUT2D eigenvalue weighted by atomic mass is 9.99. The van der Waals surface area contributed by atoms with E-state index in [0.717, 1.165) is 16.1 Å². The second-order valence-corrected chi connectivity index (χ2v) is 10.8. The smallest absolute Gasteiger partial charge is 0.252 e. The molecule has 0 radical (unpaired) electrons. The summed E-state index contributed by atoms with van der Waals surface area (Å²) in [6, 6.07) is 11.5. The number of nitrogens with one attached hydrogen (secondary N) is 1. The molecule has 28 heavy (non-hydrogen) atoms. The SMILES string of the molecule is Cc1ccc(S(=O)(=O)N2CCCC(C(=O)NCc3ccc(N(C)C)cc3)C2)s1. The molecule has 1 aromatic heterocycles. The maximum absolute atomic E-state index is 12.8. The number of rotatable bonds is 6. The maximum atomic E-state index is 12.8. The Morgan fingerprint density at radius 1 is 1.21 bits per heavy atom. The van der Waals surface area contributed by atoms with Crippen LogP contribution in [0.15, 0.2) is 40.6 Å². The average molecular weight is 422 g/mol. The molecule has 1 N–H and O–H groups in total. The maximum Gasteiger partial charge on any atom is 0.252 e. The van der Waals surface area contributed by atoms with Gasteiger partial charge in [-0.3, -0.25) is 4.79 Å². The molecule has 1 saturated heterocycles. The zero-order valence-corrected chi connectivity index (χ0v) is 18.1. The van der Waals surface area contributed by atoms with E-state index in [2.05, 4.69) is 5.32 Å². The van der Waals surface area contributed by atoms with Crippen LogP contribution in [0.1, 0.15) is 23.3 Å². The van der Waals surface area contributed by atoms with Crippen molar-refractivity contribution in [3.8, 4) is 0 Å². The number of amides is 1. The monoisotopic (exact) mass is 421 g/mol.